The lowest BCUT2D eigenvalue weighted by Crippen LogP contribution is -2.35. The van der Waals surface area contributed by atoms with Crippen LogP contribution in [-0.2, 0) is 0 Å². The van der Waals surface area contributed by atoms with Gasteiger partial charge in [-0.25, -0.2) is 4.98 Å². The van der Waals surface area contributed by atoms with E-state index in [2.05, 4.69) is 36.5 Å². The number of amides is 1. The van der Waals surface area contributed by atoms with Gasteiger partial charge in [0.2, 0.25) is 0 Å². The molecule has 0 aromatic carbocycles. The van der Waals surface area contributed by atoms with Gasteiger partial charge in [-0.2, -0.15) is 0 Å². The summed E-state index contributed by atoms with van der Waals surface area (Å²) in [4.78, 5) is 19.8. The normalized spacial score (nSPS) is 23.4. The second kappa shape index (κ2) is 4.81. The molecule has 4 rings (SSSR count). The van der Waals surface area contributed by atoms with Crippen LogP contribution in [0.15, 0.2) is 22.9 Å². The number of halogens is 1. The zero-order valence-corrected chi connectivity index (χ0v) is 13.2. The molecule has 2 aliphatic rings. The quantitative estimate of drug-likeness (QED) is 0.779. The fourth-order valence-electron chi connectivity index (χ4n) is 3.43. The van der Waals surface area contributed by atoms with Gasteiger partial charge in [-0.15, -0.1) is 0 Å². The van der Waals surface area contributed by atoms with Crippen molar-refractivity contribution in [2.45, 2.75) is 25.3 Å². The number of carbonyl (C=O) groups excluding carboxylic acids is 1. The van der Waals surface area contributed by atoms with Gasteiger partial charge in [-0.05, 0) is 59.8 Å². The Kier molecular flexibility index (Phi) is 3.04. The molecular formula is C15H17BrN4O. The minimum atomic E-state index is 0.00144. The molecule has 0 bridgehead atoms. The van der Waals surface area contributed by atoms with E-state index in [4.69, 9.17) is 0 Å². The Morgan fingerprint density at radius 2 is 2.24 bits per heavy atom. The molecule has 1 saturated heterocycles. The standard InChI is InChI=1S/C15H17BrN4O/c16-9-5-10-11(8-19-13(10)18-7-9)14(21)20-12-6-15(12)1-3-17-4-2-15/h5,7-8,12,17H,1-4,6H2,(H,18,19)(H,20,21). The van der Waals surface area contributed by atoms with E-state index in [1.807, 2.05) is 6.07 Å². The van der Waals surface area contributed by atoms with Crippen LogP contribution in [0.25, 0.3) is 11.0 Å². The molecule has 1 saturated carbocycles. The third-order valence-corrected chi connectivity index (χ3v) is 5.27. The van der Waals surface area contributed by atoms with Crippen molar-refractivity contribution in [1.29, 1.82) is 0 Å². The first-order valence-corrected chi connectivity index (χ1v) is 8.11. The molecule has 1 spiro atoms. The van der Waals surface area contributed by atoms with Gasteiger partial charge in [0.1, 0.15) is 5.65 Å². The van der Waals surface area contributed by atoms with E-state index in [9.17, 15) is 4.79 Å². The highest BCUT2D eigenvalue weighted by molar-refractivity contribution is 9.10. The maximum Gasteiger partial charge on any atom is 0.253 e. The lowest BCUT2D eigenvalue weighted by atomic mass is 9.94. The van der Waals surface area contributed by atoms with Crippen LogP contribution < -0.4 is 10.6 Å². The van der Waals surface area contributed by atoms with Crippen molar-refractivity contribution in [2.75, 3.05) is 13.1 Å². The van der Waals surface area contributed by atoms with E-state index in [-0.39, 0.29) is 5.91 Å². The van der Waals surface area contributed by atoms with Gasteiger partial charge in [0.05, 0.1) is 5.56 Å². The summed E-state index contributed by atoms with van der Waals surface area (Å²) >= 11 is 3.41. The Balaban J connectivity index is 1.53. The minimum absolute atomic E-state index is 0.00144. The van der Waals surface area contributed by atoms with E-state index in [1.165, 1.54) is 12.8 Å². The van der Waals surface area contributed by atoms with E-state index >= 15 is 0 Å². The molecule has 3 N–H and O–H groups in total. The first-order chi connectivity index (χ1) is 10.2. The lowest BCUT2D eigenvalue weighted by Gasteiger charge is -2.23. The predicted molar refractivity (Wildman–Crippen MR) is 84.2 cm³/mol. The number of nitrogens with one attached hydrogen (secondary N) is 3. The van der Waals surface area contributed by atoms with Crippen molar-refractivity contribution in [1.82, 2.24) is 20.6 Å². The van der Waals surface area contributed by atoms with E-state index in [0.717, 1.165) is 35.0 Å². The van der Waals surface area contributed by atoms with Crippen LogP contribution in [0.1, 0.15) is 29.6 Å². The number of carbonyl (C=O) groups is 1. The Bertz CT molecular complexity index is 705. The molecule has 1 unspecified atom stereocenters. The van der Waals surface area contributed by atoms with Crippen molar-refractivity contribution in [2.24, 2.45) is 5.41 Å². The molecule has 1 aliphatic heterocycles. The topological polar surface area (TPSA) is 69.8 Å². The Hall–Kier alpha value is -1.40. The highest BCUT2D eigenvalue weighted by Crippen LogP contribution is 2.52. The number of rotatable bonds is 2. The number of hydrogen-bond acceptors (Lipinski definition) is 3. The predicted octanol–water partition coefficient (Wildman–Crippen LogP) is 2.20. The summed E-state index contributed by atoms with van der Waals surface area (Å²) < 4.78 is 0.880. The molecule has 2 aromatic heterocycles. The van der Waals surface area contributed by atoms with Crippen LogP contribution in [-0.4, -0.2) is 35.0 Å². The Morgan fingerprint density at radius 3 is 3.05 bits per heavy atom. The van der Waals surface area contributed by atoms with Gasteiger partial charge >= 0.3 is 0 Å². The number of aromatic nitrogens is 2. The van der Waals surface area contributed by atoms with Crippen LogP contribution >= 0.6 is 15.9 Å². The molecule has 1 amide bonds. The molecule has 5 nitrogen and oxygen atoms in total. The van der Waals surface area contributed by atoms with Crippen LogP contribution in [0.2, 0.25) is 0 Å². The average molecular weight is 349 g/mol. The first-order valence-electron chi connectivity index (χ1n) is 7.32. The van der Waals surface area contributed by atoms with Gasteiger partial charge in [0.25, 0.3) is 5.91 Å². The zero-order chi connectivity index (χ0) is 14.4. The van der Waals surface area contributed by atoms with Crippen LogP contribution in [0.4, 0.5) is 0 Å². The molecule has 2 fully saturated rings. The number of piperidine rings is 1. The van der Waals surface area contributed by atoms with Crippen LogP contribution in [0, 0.1) is 5.41 Å². The van der Waals surface area contributed by atoms with Crippen molar-refractivity contribution < 1.29 is 4.79 Å². The van der Waals surface area contributed by atoms with Gasteiger partial charge in [-0.3, -0.25) is 4.79 Å². The maximum absolute atomic E-state index is 12.5. The highest BCUT2D eigenvalue weighted by atomic mass is 79.9. The molecule has 3 heterocycles. The highest BCUT2D eigenvalue weighted by Gasteiger charge is 2.54. The van der Waals surface area contributed by atoms with Crippen molar-refractivity contribution in [3.8, 4) is 0 Å². The van der Waals surface area contributed by atoms with Gasteiger partial charge < -0.3 is 15.6 Å². The molecule has 21 heavy (non-hydrogen) atoms. The van der Waals surface area contributed by atoms with Crippen molar-refractivity contribution >= 4 is 32.9 Å². The fraction of sp³-hybridized carbons (Fsp3) is 0.467. The second-order valence-electron chi connectivity index (χ2n) is 6.09. The van der Waals surface area contributed by atoms with Crippen LogP contribution in [0.5, 0.6) is 0 Å². The number of pyridine rings is 1. The van der Waals surface area contributed by atoms with Gasteiger partial charge in [0, 0.05) is 28.3 Å². The molecule has 1 atom stereocenters. The third kappa shape index (κ3) is 2.26. The second-order valence-corrected chi connectivity index (χ2v) is 7.01. The SMILES string of the molecule is O=C(NC1CC12CCNCC2)c1c[nH]c2ncc(Br)cc12. The zero-order valence-electron chi connectivity index (χ0n) is 11.6. The summed E-state index contributed by atoms with van der Waals surface area (Å²) in [5.41, 5.74) is 1.77. The minimum Gasteiger partial charge on any atom is -0.349 e. The third-order valence-electron chi connectivity index (χ3n) is 4.84. The molecule has 2 aromatic rings. The number of aromatic amines is 1. The Labute approximate surface area is 131 Å². The fourth-order valence-corrected chi connectivity index (χ4v) is 3.76. The summed E-state index contributed by atoms with van der Waals surface area (Å²) in [6.45, 7) is 2.13. The molecule has 6 heteroatoms. The summed E-state index contributed by atoms with van der Waals surface area (Å²) in [7, 11) is 0. The van der Waals surface area contributed by atoms with E-state index in [0.29, 0.717) is 17.0 Å². The number of hydrogen-bond donors (Lipinski definition) is 3. The van der Waals surface area contributed by atoms with Gasteiger partial charge in [-0.1, -0.05) is 0 Å². The summed E-state index contributed by atoms with van der Waals surface area (Å²) in [5.74, 6) is 0.00144. The largest absolute Gasteiger partial charge is 0.349 e. The smallest absolute Gasteiger partial charge is 0.253 e. The first kappa shape index (κ1) is 13.3. The molecule has 1 aliphatic carbocycles. The molecular weight excluding hydrogens is 332 g/mol. The van der Waals surface area contributed by atoms with E-state index in [1.54, 1.807) is 12.4 Å². The van der Waals surface area contributed by atoms with Crippen LogP contribution in [0.3, 0.4) is 0 Å². The summed E-state index contributed by atoms with van der Waals surface area (Å²) in [5, 5.41) is 7.44. The number of H-pyrrole nitrogens is 1. The number of nitrogens with zero attached hydrogens (tertiary/aromatic N) is 1. The summed E-state index contributed by atoms with van der Waals surface area (Å²) in [6.07, 6.45) is 6.92. The molecule has 110 valence electrons. The molecule has 0 radical (unpaired) electrons. The van der Waals surface area contributed by atoms with Crippen molar-refractivity contribution in [3.63, 3.8) is 0 Å². The monoisotopic (exact) mass is 348 g/mol. The van der Waals surface area contributed by atoms with Crippen molar-refractivity contribution in [3.05, 3.63) is 28.5 Å². The maximum atomic E-state index is 12.5. The number of fused-ring (bicyclic) bond motifs is 1. The lowest BCUT2D eigenvalue weighted by molar-refractivity contribution is 0.0944. The van der Waals surface area contributed by atoms with Gasteiger partial charge in [0.15, 0.2) is 0 Å². The Morgan fingerprint density at radius 1 is 1.43 bits per heavy atom. The summed E-state index contributed by atoms with van der Waals surface area (Å²) in [6, 6.07) is 2.26. The van der Waals surface area contributed by atoms with E-state index < -0.39 is 0 Å². The average Bonchev–Trinajstić information content (AvgIpc) is 2.96.